The second-order valence-electron chi connectivity index (χ2n) is 8.33. The molecule has 3 aliphatic rings. The van der Waals surface area contributed by atoms with Gasteiger partial charge in [-0.15, -0.1) is 0 Å². The van der Waals surface area contributed by atoms with E-state index in [-0.39, 0.29) is 6.29 Å². The van der Waals surface area contributed by atoms with Gasteiger partial charge in [0.2, 0.25) is 0 Å². The van der Waals surface area contributed by atoms with Crippen molar-refractivity contribution in [1.82, 2.24) is 0 Å². The quantitative estimate of drug-likeness (QED) is 0.645. The summed E-state index contributed by atoms with van der Waals surface area (Å²) in [5.41, 5.74) is 0. The molecule has 4 heteroatoms. The largest absolute Gasteiger partial charge is 0.352 e. The third kappa shape index (κ3) is 5.01. The predicted octanol–water partition coefficient (Wildman–Crippen LogP) is 5.78. The van der Waals surface area contributed by atoms with Gasteiger partial charge in [0.05, 0.1) is 13.2 Å². The Bertz CT molecular complexity index is 398. The lowest BCUT2D eigenvalue weighted by molar-refractivity contribution is -0.237. The van der Waals surface area contributed by atoms with E-state index in [4.69, 9.17) is 9.47 Å². The molecule has 0 N–H and O–H groups in total. The van der Waals surface area contributed by atoms with Crippen molar-refractivity contribution < 1.29 is 18.3 Å². The molecule has 0 amide bonds. The molecule has 0 bridgehead atoms. The third-order valence-electron chi connectivity index (χ3n) is 6.56. The summed E-state index contributed by atoms with van der Waals surface area (Å²) < 4.78 is 36.6. The van der Waals surface area contributed by atoms with Gasteiger partial charge < -0.3 is 9.47 Å². The van der Waals surface area contributed by atoms with E-state index in [1.54, 1.807) is 0 Å². The average Bonchev–Trinajstić information content (AvgIpc) is 2.61. The van der Waals surface area contributed by atoms with Crippen molar-refractivity contribution in [2.24, 2.45) is 29.6 Å². The van der Waals surface area contributed by atoms with Gasteiger partial charge >= 0.3 is 0 Å². The fourth-order valence-corrected chi connectivity index (χ4v) is 4.79. The van der Waals surface area contributed by atoms with Crippen LogP contribution in [-0.2, 0) is 9.47 Å². The summed E-state index contributed by atoms with van der Waals surface area (Å²) in [6.45, 7) is 3.99. The Morgan fingerprint density at radius 2 is 1.42 bits per heavy atom. The maximum absolute atomic E-state index is 12.2. The van der Waals surface area contributed by atoms with Gasteiger partial charge in [-0.05, 0) is 68.8 Å². The van der Waals surface area contributed by atoms with Crippen LogP contribution in [0, 0.1) is 29.6 Å². The van der Waals surface area contributed by atoms with Crippen LogP contribution < -0.4 is 0 Å². The molecule has 1 heterocycles. The summed E-state index contributed by atoms with van der Waals surface area (Å²) in [5.74, 6) is 3.02. The van der Waals surface area contributed by atoms with Crippen molar-refractivity contribution in [3.05, 3.63) is 12.2 Å². The highest BCUT2D eigenvalue weighted by Gasteiger charge is 2.35. The molecule has 0 aromatic heterocycles. The minimum absolute atomic E-state index is 0.0164. The number of rotatable bonds is 4. The molecule has 0 atom stereocenters. The van der Waals surface area contributed by atoms with Crippen LogP contribution >= 0.6 is 0 Å². The molecule has 2 saturated carbocycles. The van der Waals surface area contributed by atoms with E-state index in [9.17, 15) is 8.78 Å². The molecular weight excluding hydrogens is 310 g/mol. The standard InChI is InChI=1S/C20H32F2O2/c1-14-2-7-17(8-3-14)20-23-12-18(13-24-20)16-9-4-15(5-10-16)6-11-19(21)22/h11,14-18,20H,2-10,12-13H2,1H3. The van der Waals surface area contributed by atoms with E-state index in [1.165, 1.54) is 25.7 Å². The fourth-order valence-electron chi connectivity index (χ4n) is 4.79. The molecule has 1 saturated heterocycles. The normalized spacial score (nSPS) is 41.0. The zero-order valence-electron chi connectivity index (χ0n) is 14.9. The predicted molar refractivity (Wildman–Crippen MR) is 90.7 cm³/mol. The smallest absolute Gasteiger partial charge is 0.266 e. The number of allylic oxidation sites excluding steroid dienone is 1. The summed E-state index contributed by atoms with van der Waals surface area (Å²) in [6.07, 6.45) is 9.58. The van der Waals surface area contributed by atoms with E-state index >= 15 is 0 Å². The van der Waals surface area contributed by atoms with Crippen molar-refractivity contribution in [3.63, 3.8) is 0 Å². The molecule has 2 nitrogen and oxygen atoms in total. The van der Waals surface area contributed by atoms with Crippen molar-refractivity contribution in [1.29, 1.82) is 0 Å². The van der Waals surface area contributed by atoms with E-state index in [1.807, 2.05) is 0 Å². The van der Waals surface area contributed by atoms with Crippen LogP contribution in [0.1, 0.15) is 64.7 Å². The van der Waals surface area contributed by atoms with Crippen LogP contribution in [0.4, 0.5) is 8.78 Å². The molecule has 3 fully saturated rings. The number of ether oxygens (including phenoxy) is 2. The zero-order valence-corrected chi connectivity index (χ0v) is 14.9. The summed E-state index contributed by atoms with van der Waals surface area (Å²) in [5, 5.41) is 0. The van der Waals surface area contributed by atoms with E-state index in [0.29, 0.717) is 30.1 Å². The first-order chi connectivity index (χ1) is 11.6. The summed E-state index contributed by atoms with van der Waals surface area (Å²) in [7, 11) is 0. The molecule has 0 aromatic carbocycles. The van der Waals surface area contributed by atoms with Crippen LogP contribution in [0.25, 0.3) is 0 Å². The molecular formula is C20H32F2O2. The van der Waals surface area contributed by atoms with Crippen LogP contribution in [0.2, 0.25) is 0 Å². The lowest BCUT2D eigenvalue weighted by atomic mass is 9.75. The van der Waals surface area contributed by atoms with Crippen molar-refractivity contribution in [3.8, 4) is 0 Å². The van der Waals surface area contributed by atoms with Gasteiger partial charge in [0.1, 0.15) is 0 Å². The lowest BCUT2D eigenvalue weighted by Gasteiger charge is -2.40. The molecule has 3 rings (SSSR count). The molecule has 24 heavy (non-hydrogen) atoms. The Balaban J connectivity index is 1.37. The first-order valence-electron chi connectivity index (χ1n) is 9.86. The minimum Gasteiger partial charge on any atom is -0.352 e. The molecule has 0 radical (unpaired) electrons. The van der Waals surface area contributed by atoms with Gasteiger partial charge in [0.15, 0.2) is 6.29 Å². The Hall–Kier alpha value is -0.480. The maximum Gasteiger partial charge on any atom is 0.266 e. The molecule has 2 aliphatic carbocycles. The summed E-state index contributed by atoms with van der Waals surface area (Å²) >= 11 is 0. The number of halogens is 2. The highest BCUT2D eigenvalue weighted by atomic mass is 19.3. The van der Waals surface area contributed by atoms with Gasteiger partial charge in [0, 0.05) is 11.8 Å². The van der Waals surface area contributed by atoms with Crippen molar-refractivity contribution >= 4 is 0 Å². The molecule has 0 aromatic rings. The van der Waals surface area contributed by atoms with Crippen molar-refractivity contribution in [2.75, 3.05) is 13.2 Å². The van der Waals surface area contributed by atoms with E-state index in [2.05, 4.69) is 6.92 Å². The first kappa shape index (κ1) is 18.3. The van der Waals surface area contributed by atoms with Crippen LogP contribution in [0.15, 0.2) is 12.2 Å². The second-order valence-corrected chi connectivity index (χ2v) is 8.33. The number of hydrogen-bond acceptors (Lipinski definition) is 2. The van der Waals surface area contributed by atoms with Crippen LogP contribution in [0.3, 0.4) is 0 Å². The van der Waals surface area contributed by atoms with Gasteiger partial charge in [-0.25, -0.2) is 0 Å². The topological polar surface area (TPSA) is 18.5 Å². The maximum atomic E-state index is 12.2. The number of hydrogen-bond donors (Lipinski definition) is 0. The second kappa shape index (κ2) is 8.75. The Labute approximate surface area is 145 Å². The highest BCUT2D eigenvalue weighted by molar-refractivity contribution is 4.87. The van der Waals surface area contributed by atoms with E-state index < -0.39 is 6.08 Å². The highest BCUT2D eigenvalue weighted by Crippen LogP contribution is 2.39. The monoisotopic (exact) mass is 342 g/mol. The van der Waals surface area contributed by atoms with Gasteiger partial charge in [-0.1, -0.05) is 19.8 Å². The lowest BCUT2D eigenvalue weighted by Crippen LogP contribution is -2.41. The summed E-state index contributed by atoms with van der Waals surface area (Å²) in [6, 6.07) is 0. The van der Waals surface area contributed by atoms with Gasteiger partial charge in [-0.2, -0.15) is 8.78 Å². The van der Waals surface area contributed by atoms with Crippen LogP contribution in [0.5, 0.6) is 0 Å². The molecule has 0 unspecified atom stereocenters. The summed E-state index contributed by atoms with van der Waals surface area (Å²) in [4.78, 5) is 0. The molecule has 1 aliphatic heterocycles. The Morgan fingerprint density at radius 1 is 0.833 bits per heavy atom. The van der Waals surface area contributed by atoms with Gasteiger partial charge in [-0.3, -0.25) is 0 Å². The first-order valence-corrected chi connectivity index (χ1v) is 9.86. The van der Waals surface area contributed by atoms with Crippen LogP contribution in [-0.4, -0.2) is 19.5 Å². The molecule has 0 spiro atoms. The third-order valence-corrected chi connectivity index (χ3v) is 6.56. The Morgan fingerprint density at radius 3 is 2.00 bits per heavy atom. The zero-order chi connectivity index (χ0) is 16.9. The fraction of sp³-hybridized carbons (Fsp3) is 0.900. The average molecular weight is 342 g/mol. The Kier molecular flexibility index (Phi) is 6.68. The SMILES string of the molecule is CC1CCC(C2OCC(C3CCC(CC=C(F)F)CC3)CO2)CC1. The minimum atomic E-state index is -1.53. The van der Waals surface area contributed by atoms with Gasteiger partial charge in [0.25, 0.3) is 6.08 Å². The van der Waals surface area contributed by atoms with E-state index in [0.717, 1.165) is 50.9 Å². The van der Waals surface area contributed by atoms with Crippen molar-refractivity contribution in [2.45, 2.75) is 71.0 Å². The molecule has 138 valence electrons.